The molecule has 0 aliphatic heterocycles. The van der Waals surface area contributed by atoms with Crippen LogP contribution in [0.4, 0.5) is 0 Å². The van der Waals surface area contributed by atoms with E-state index in [9.17, 15) is 14.4 Å². The second kappa shape index (κ2) is 5.98. The number of aryl methyl sites for hydroxylation is 2. The van der Waals surface area contributed by atoms with E-state index >= 15 is 0 Å². The zero-order chi connectivity index (χ0) is 14.6. The highest BCUT2D eigenvalue weighted by Crippen LogP contribution is 2.05. The molecule has 0 aromatic carbocycles. The molecular formula is C11H15N3O5. The third-order valence-corrected chi connectivity index (χ3v) is 2.51. The summed E-state index contributed by atoms with van der Waals surface area (Å²) in [5.74, 6) is -3.36. The Kier molecular flexibility index (Phi) is 4.62. The molecule has 0 saturated carbocycles. The van der Waals surface area contributed by atoms with E-state index in [1.807, 2.05) is 6.92 Å². The van der Waals surface area contributed by atoms with Gasteiger partial charge in [-0.2, -0.15) is 5.10 Å². The van der Waals surface area contributed by atoms with E-state index in [-0.39, 0.29) is 5.69 Å². The van der Waals surface area contributed by atoms with E-state index in [0.717, 1.165) is 0 Å². The van der Waals surface area contributed by atoms with E-state index in [1.165, 1.54) is 10.7 Å². The second-order valence-electron chi connectivity index (χ2n) is 3.96. The lowest BCUT2D eigenvalue weighted by atomic mass is 10.2. The molecule has 0 spiro atoms. The molecule has 1 heterocycles. The van der Waals surface area contributed by atoms with Gasteiger partial charge in [-0.3, -0.25) is 14.3 Å². The predicted molar refractivity (Wildman–Crippen MR) is 63.7 cm³/mol. The summed E-state index contributed by atoms with van der Waals surface area (Å²) in [6.45, 7) is 1.87. The first kappa shape index (κ1) is 14.7. The molecule has 0 radical (unpaired) electrons. The molecule has 0 aliphatic rings. The highest BCUT2D eigenvalue weighted by atomic mass is 16.4. The fraction of sp³-hybridized carbons (Fsp3) is 0.455. The first-order valence-electron chi connectivity index (χ1n) is 5.63. The van der Waals surface area contributed by atoms with Crippen molar-refractivity contribution in [2.45, 2.75) is 25.8 Å². The fourth-order valence-corrected chi connectivity index (χ4v) is 1.52. The largest absolute Gasteiger partial charge is 0.481 e. The molecule has 1 atom stereocenters. The lowest BCUT2D eigenvalue weighted by Crippen LogP contribution is -2.42. The van der Waals surface area contributed by atoms with Crippen molar-refractivity contribution in [3.05, 3.63) is 17.5 Å². The summed E-state index contributed by atoms with van der Waals surface area (Å²) in [5, 5.41) is 23.6. The summed E-state index contributed by atoms with van der Waals surface area (Å²) >= 11 is 0. The molecule has 3 N–H and O–H groups in total. The van der Waals surface area contributed by atoms with Crippen LogP contribution in [-0.2, 0) is 23.1 Å². The van der Waals surface area contributed by atoms with Crippen molar-refractivity contribution in [3.8, 4) is 0 Å². The zero-order valence-electron chi connectivity index (χ0n) is 10.6. The van der Waals surface area contributed by atoms with E-state index < -0.39 is 30.3 Å². The zero-order valence-corrected chi connectivity index (χ0v) is 10.6. The van der Waals surface area contributed by atoms with Crippen molar-refractivity contribution < 1.29 is 24.6 Å². The Morgan fingerprint density at radius 2 is 2.05 bits per heavy atom. The normalized spacial score (nSPS) is 11.9. The number of hydrogen-bond donors (Lipinski definition) is 3. The molecule has 0 fully saturated rings. The van der Waals surface area contributed by atoms with Crippen molar-refractivity contribution in [1.82, 2.24) is 15.1 Å². The highest BCUT2D eigenvalue weighted by Gasteiger charge is 2.24. The Morgan fingerprint density at radius 3 is 2.47 bits per heavy atom. The molecule has 0 saturated heterocycles. The van der Waals surface area contributed by atoms with Gasteiger partial charge in [-0.15, -0.1) is 0 Å². The number of carboxylic acid groups (broad SMARTS) is 2. The molecule has 8 heteroatoms. The molecule has 19 heavy (non-hydrogen) atoms. The van der Waals surface area contributed by atoms with Gasteiger partial charge in [0.05, 0.1) is 12.1 Å². The van der Waals surface area contributed by atoms with Crippen LogP contribution in [-0.4, -0.2) is 43.9 Å². The number of hydrogen-bond acceptors (Lipinski definition) is 4. The molecule has 1 aromatic heterocycles. The third kappa shape index (κ3) is 3.80. The molecular weight excluding hydrogens is 254 g/mol. The Bertz CT molecular complexity index is 508. The minimum absolute atomic E-state index is 0.188. The lowest BCUT2D eigenvalue weighted by molar-refractivity contribution is -0.145. The first-order chi connectivity index (χ1) is 8.85. The van der Waals surface area contributed by atoms with E-state index in [0.29, 0.717) is 12.1 Å². The van der Waals surface area contributed by atoms with Gasteiger partial charge < -0.3 is 15.5 Å². The van der Waals surface area contributed by atoms with Crippen LogP contribution in [0.1, 0.15) is 29.5 Å². The van der Waals surface area contributed by atoms with Crippen LogP contribution in [0.3, 0.4) is 0 Å². The number of rotatable bonds is 6. The topological polar surface area (TPSA) is 122 Å². The number of aliphatic carboxylic acids is 2. The Balaban J connectivity index is 2.84. The van der Waals surface area contributed by atoms with Gasteiger partial charge in [0, 0.05) is 7.05 Å². The third-order valence-electron chi connectivity index (χ3n) is 2.51. The van der Waals surface area contributed by atoms with Crippen molar-refractivity contribution in [1.29, 1.82) is 0 Å². The van der Waals surface area contributed by atoms with Crippen LogP contribution in [0, 0.1) is 0 Å². The average Bonchev–Trinajstić information content (AvgIpc) is 2.69. The number of carbonyl (C=O) groups excluding carboxylic acids is 1. The van der Waals surface area contributed by atoms with Gasteiger partial charge in [0.25, 0.3) is 5.91 Å². The van der Waals surface area contributed by atoms with Crippen molar-refractivity contribution >= 4 is 17.8 Å². The highest BCUT2D eigenvalue weighted by molar-refractivity contribution is 5.96. The van der Waals surface area contributed by atoms with Gasteiger partial charge in [-0.05, 0) is 12.5 Å². The van der Waals surface area contributed by atoms with E-state index in [2.05, 4.69) is 10.4 Å². The SMILES string of the molecule is CCc1cc(C(=O)NC(CC(=O)O)C(=O)O)n(C)n1. The molecule has 0 aliphatic carbocycles. The predicted octanol–water partition coefficient (Wildman–Crippen LogP) is -0.360. The summed E-state index contributed by atoms with van der Waals surface area (Å²) in [6.07, 6.45) is -0.0435. The second-order valence-corrected chi connectivity index (χ2v) is 3.96. The molecule has 1 aromatic rings. The number of amides is 1. The maximum Gasteiger partial charge on any atom is 0.326 e. The summed E-state index contributed by atoms with van der Waals surface area (Å²) in [5.41, 5.74) is 0.881. The summed E-state index contributed by atoms with van der Waals surface area (Å²) in [4.78, 5) is 33.2. The summed E-state index contributed by atoms with van der Waals surface area (Å²) < 4.78 is 1.33. The summed E-state index contributed by atoms with van der Waals surface area (Å²) in [7, 11) is 1.56. The first-order valence-corrected chi connectivity index (χ1v) is 5.63. The summed E-state index contributed by atoms with van der Waals surface area (Å²) in [6, 6.07) is 0.0691. The van der Waals surface area contributed by atoms with Gasteiger partial charge >= 0.3 is 11.9 Å². The van der Waals surface area contributed by atoms with Crippen LogP contribution in [0.2, 0.25) is 0 Å². The van der Waals surface area contributed by atoms with Crippen molar-refractivity contribution in [2.75, 3.05) is 0 Å². The van der Waals surface area contributed by atoms with Crippen LogP contribution in [0.15, 0.2) is 6.07 Å². The quantitative estimate of drug-likeness (QED) is 0.648. The fourth-order valence-electron chi connectivity index (χ4n) is 1.52. The minimum atomic E-state index is -1.47. The van der Waals surface area contributed by atoms with Gasteiger partial charge in [0.2, 0.25) is 0 Å². The van der Waals surface area contributed by atoms with Crippen molar-refractivity contribution in [3.63, 3.8) is 0 Å². The van der Waals surface area contributed by atoms with Crippen LogP contribution in [0.5, 0.6) is 0 Å². The van der Waals surface area contributed by atoms with Crippen LogP contribution in [0.25, 0.3) is 0 Å². The number of carboxylic acids is 2. The van der Waals surface area contributed by atoms with E-state index in [4.69, 9.17) is 10.2 Å². The molecule has 8 nitrogen and oxygen atoms in total. The average molecular weight is 269 g/mol. The Hall–Kier alpha value is -2.38. The number of carbonyl (C=O) groups is 3. The van der Waals surface area contributed by atoms with Gasteiger partial charge in [-0.1, -0.05) is 6.92 Å². The Labute approximate surface area is 109 Å². The van der Waals surface area contributed by atoms with Crippen LogP contribution >= 0.6 is 0 Å². The number of nitrogens with zero attached hydrogens (tertiary/aromatic N) is 2. The van der Waals surface area contributed by atoms with Gasteiger partial charge in [-0.25, -0.2) is 4.79 Å². The smallest absolute Gasteiger partial charge is 0.326 e. The van der Waals surface area contributed by atoms with E-state index in [1.54, 1.807) is 7.05 Å². The molecule has 1 rings (SSSR count). The lowest BCUT2D eigenvalue weighted by Gasteiger charge is -2.12. The number of nitrogens with one attached hydrogen (secondary N) is 1. The van der Waals surface area contributed by atoms with Gasteiger partial charge in [0.1, 0.15) is 11.7 Å². The standard InChI is InChI=1S/C11H15N3O5/c1-3-6-4-8(14(2)13-6)10(17)12-7(11(18)19)5-9(15)16/h4,7H,3,5H2,1-2H3,(H,12,17)(H,15,16)(H,18,19). The van der Waals surface area contributed by atoms with Gasteiger partial charge in [0.15, 0.2) is 0 Å². The maximum absolute atomic E-state index is 11.9. The molecule has 1 amide bonds. The minimum Gasteiger partial charge on any atom is -0.481 e. The maximum atomic E-state index is 11.9. The number of aromatic nitrogens is 2. The Morgan fingerprint density at radius 1 is 1.42 bits per heavy atom. The molecule has 1 unspecified atom stereocenters. The molecule has 104 valence electrons. The van der Waals surface area contributed by atoms with Crippen LogP contribution < -0.4 is 5.32 Å². The van der Waals surface area contributed by atoms with Crippen molar-refractivity contribution in [2.24, 2.45) is 7.05 Å². The monoisotopic (exact) mass is 269 g/mol. The molecule has 0 bridgehead atoms.